The molecule has 0 bridgehead atoms. The Labute approximate surface area is 196 Å². The Bertz CT molecular complexity index is 1330. The highest BCUT2D eigenvalue weighted by atomic mass is 19.1. The van der Waals surface area contributed by atoms with E-state index in [1.165, 1.54) is 18.2 Å². The summed E-state index contributed by atoms with van der Waals surface area (Å²) in [5, 5.41) is 0.974. The first-order valence-corrected chi connectivity index (χ1v) is 11.4. The van der Waals surface area contributed by atoms with Crippen molar-refractivity contribution in [1.29, 1.82) is 0 Å². The van der Waals surface area contributed by atoms with Crippen molar-refractivity contribution >= 4 is 10.9 Å². The quantitative estimate of drug-likeness (QED) is 0.382. The van der Waals surface area contributed by atoms with Gasteiger partial charge in [-0.15, -0.1) is 0 Å². The van der Waals surface area contributed by atoms with Crippen molar-refractivity contribution in [2.75, 3.05) is 6.61 Å². The molecule has 7 heteroatoms. The highest BCUT2D eigenvalue weighted by Gasteiger charge is 2.14. The molecule has 1 unspecified atom stereocenters. The summed E-state index contributed by atoms with van der Waals surface area (Å²) >= 11 is 0. The molecule has 0 radical (unpaired) electrons. The van der Waals surface area contributed by atoms with Crippen LogP contribution in [0.5, 0.6) is 5.75 Å². The molecular formula is C27H25FN2O4. The van der Waals surface area contributed by atoms with Crippen LogP contribution >= 0.6 is 0 Å². The molecule has 2 aromatic heterocycles. The van der Waals surface area contributed by atoms with Crippen LogP contribution in [0.2, 0.25) is 0 Å². The van der Waals surface area contributed by atoms with Crippen LogP contribution in [0.25, 0.3) is 16.6 Å². The van der Waals surface area contributed by atoms with Crippen molar-refractivity contribution in [3.63, 3.8) is 0 Å². The van der Waals surface area contributed by atoms with Crippen LogP contribution in [0.4, 0.5) is 4.39 Å². The van der Waals surface area contributed by atoms with Crippen molar-refractivity contribution in [3.05, 3.63) is 100 Å². The number of halogens is 1. The van der Waals surface area contributed by atoms with E-state index in [0.29, 0.717) is 12.4 Å². The van der Waals surface area contributed by atoms with Gasteiger partial charge < -0.3 is 14.2 Å². The first-order chi connectivity index (χ1) is 16.6. The first kappa shape index (κ1) is 22.3. The van der Waals surface area contributed by atoms with E-state index >= 15 is 0 Å². The summed E-state index contributed by atoms with van der Waals surface area (Å²) in [4.78, 5) is 17.3. The van der Waals surface area contributed by atoms with Gasteiger partial charge in [0.1, 0.15) is 18.2 Å². The molecule has 1 aliphatic heterocycles. The lowest BCUT2D eigenvalue weighted by Crippen LogP contribution is -2.22. The van der Waals surface area contributed by atoms with Gasteiger partial charge in [-0.25, -0.2) is 4.39 Å². The highest BCUT2D eigenvalue weighted by molar-refractivity contribution is 5.81. The number of pyridine rings is 2. The Balaban J connectivity index is 1.27. The molecule has 2 aromatic carbocycles. The average Bonchev–Trinajstić information content (AvgIpc) is 2.87. The highest BCUT2D eigenvalue weighted by Crippen LogP contribution is 2.20. The molecule has 3 heterocycles. The fourth-order valence-corrected chi connectivity index (χ4v) is 3.93. The molecule has 5 rings (SSSR count). The second-order valence-electron chi connectivity index (χ2n) is 8.31. The van der Waals surface area contributed by atoms with Crippen LogP contribution in [0.3, 0.4) is 0 Å². The van der Waals surface area contributed by atoms with Crippen LogP contribution in [-0.2, 0) is 22.7 Å². The zero-order valence-corrected chi connectivity index (χ0v) is 18.7. The first-order valence-electron chi connectivity index (χ1n) is 11.4. The molecule has 1 fully saturated rings. The molecule has 34 heavy (non-hydrogen) atoms. The second kappa shape index (κ2) is 10.2. The fourth-order valence-electron chi connectivity index (χ4n) is 3.93. The van der Waals surface area contributed by atoms with E-state index in [2.05, 4.69) is 4.98 Å². The third-order valence-electron chi connectivity index (χ3n) is 5.79. The van der Waals surface area contributed by atoms with E-state index in [-0.39, 0.29) is 24.3 Å². The number of nitrogens with zero attached hydrogens (tertiary/aromatic N) is 2. The summed E-state index contributed by atoms with van der Waals surface area (Å²) in [7, 11) is 0. The molecule has 6 nitrogen and oxygen atoms in total. The lowest BCUT2D eigenvalue weighted by Gasteiger charge is -2.22. The second-order valence-corrected chi connectivity index (χ2v) is 8.31. The third kappa shape index (κ3) is 5.32. The largest absolute Gasteiger partial charge is 0.489 e. The molecule has 0 N–H and O–H groups in total. The Hall–Kier alpha value is -3.55. The summed E-state index contributed by atoms with van der Waals surface area (Å²) in [6, 6.07) is 17.0. The van der Waals surface area contributed by atoms with Crippen LogP contribution in [0.1, 0.15) is 30.4 Å². The minimum Gasteiger partial charge on any atom is -0.489 e. The van der Waals surface area contributed by atoms with Gasteiger partial charge in [0.15, 0.2) is 6.29 Å². The Kier molecular flexibility index (Phi) is 6.65. The van der Waals surface area contributed by atoms with Crippen molar-refractivity contribution in [2.45, 2.75) is 38.8 Å². The number of rotatable bonds is 7. The lowest BCUT2D eigenvalue weighted by atomic mass is 10.1. The van der Waals surface area contributed by atoms with Crippen molar-refractivity contribution < 1.29 is 18.6 Å². The smallest absolute Gasteiger partial charge is 0.258 e. The number of aromatic nitrogens is 2. The summed E-state index contributed by atoms with van der Waals surface area (Å²) < 4.78 is 31.7. The average molecular weight is 461 g/mol. The zero-order valence-electron chi connectivity index (χ0n) is 18.7. The van der Waals surface area contributed by atoms with Crippen molar-refractivity contribution in [2.24, 2.45) is 0 Å². The Morgan fingerprint density at radius 3 is 2.68 bits per heavy atom. The number of hydrogen-bond acceptors (Lipinski definition) is 5. The standard InChI is InChI=1S/C27H25FN2O4/c28-22-7-4-19(5-8-22)17-33-24-10-11-30(26(31)15-24)23-9-6-21-13-20(16-29-25(21)14-23)18-34-27-3-1-2-12-32-27/h4-11,13-16,27H,1-3,12,17-18H2. The van der Waals surface area contributed by atoms with Crippen LogP contribution in [0, 0.1) is 5.82 Å². The molecule has 174 valence electrons. The van der Waals surface area contributed by atoms with E-state index < -0.39 is 0 Å². The molecule has 0 aliphatic carbocycles. The topological polar surface area (TPSA) is 62.6 Å². The van der Waals surface area contributed by atoms with Crippen LogP contribution in [0.15, 0.2) is 77.9 Å². The monoisotopic (exact) mass is 460 g/mol. The minimum absolute atomic E-state index is 0.138. The lowest BCUT2D eigenvalue weighted by molar-refractivity contribution is -0.168. The zero-order chi connectivity index (χ0) is 23.3. The molecule has 4 aromatic rings. The Morgan fingerprint density at radius 1 is 1.00 bits per heavy atom. The van der Waals surface area contributed by atoms with Gasteiger partial charge in [0.05, 0.1) is 17.8 Å². The number of ether oxygens (including phenoxy) is 3. The molecule has 1 atom stereocenters. The molecule has 0 saturated carbocycles. The summed E-state index contributed by atoms with van der Waals surface area (Å²) in [6.45, 7) is 1.46. The summed E-state index contributed by atoms with van der Waals surface area (Å²) in [5.74, 6) is 0.158. The normalized spacial score (nSPS) is 16.0. The third-order valence-corrected chi connectivity index (χ3v) is 5.79. The van der Waals surface area contributed by atoms with E-state index in [1.54, 1.807) is 35.2 Å². The van der Waals surface area contributed by atoms with E-state index in [4.69, 9.17) is 14.2 Å². The SMILES string of the molecule is O=c1cc(OCc2ccc(F)cc2)ccn1-c1ccc2cc(COC3CCCCO3)cnc2c1. The van der Waals surface area contributed by atoms with Gasteiger partial charge in [-0.05, 0) is 66.8 Å². The predicted molar refractivity (Wildman–Crippen MR) is 126 cm³/mol. The van der Waals surface area contributed by atoms with Gasteiger partial charge in [0, 0.05) is 30.5 Å². The molecule has 1 saturated heterocycles. The summed E-state index contributed by atoms with van der Waals surface area (Å²) in [5.41, 5.74) is 3.10. The summed E-state index contributed by atoms with van der Waals surface area (Å²) in [6.07, 6.45) is 6.48. The van der Waals surface area contributed by atoms with Crippen LogP contribution < -0.4 is 10.3 Å². The molecular weight excluding hydrogens is 435 g/mol. The van der Waals surface area contributed by atoms with Gasteiger partial charge in [-0.1, -0.05) is 18.2 Å². The maximum atomic E-state index is 13.0. The molecule has 1 aliphatic rings. The van der Waals surface area contributed by atoms with Gasteiger partial charge >= 0.3 is 0 Å². The predicted octanol–water partition coefficient (Wildman–Crippen LogP) is 5.15. The van der Waals surface area contributed by atoms with Crippen LogP contribution in [-0.4, -0.2) is 22.4 Å². The number of fused-ring (bicyclic) bond motifs is 1. The Morgan fingerprint density at radius 2 is 1.88 bits per heavy atom. The van der Waals surface area contributed by atoms with Crippen molar-refractivity contribution in [1.82, 2.24) is 9.55 Å². The van der Waals surface area contributed by atoms with Crippen molar-refractivity contribution in [3.8, 4) is 11.4 Å². The maximum absolute atomic E-state index is 13.0. The number of hydrogen-bond donors (Lipinski definition) is 0. The van der Waals surface area contributed by atoms with Gasteiger partial charge in [0.2, 0.25) is 0 Å². The maximum Gasteiger partial charge on any atom is 0.258 e. The van der Waals surface area contributed by atoms with Gasteiger partial charge in [-0.3, -0.25) is 14.3 Å². The molecule has 0 amide bonds. The minimum atomic E-state index is -0.296. The molecule has 0 spiro atoms. The van der Waals surface area contributed by atoms with E-state index in [0.717, 1.165) is 53.6 Å². The van der Waals surface area contributed by atoms with E-state index in [9.17, 15) is 9.18 Å². The fraction of sp³-hybridized carbons (Fsp3) is 0.259. The number of benzene rings is 2. The van der Waals surface area contributed by atoms with Gasteiger partial charge in [-0.2, -0.15) is 0 Å². The van der Waals surface area contributed by atoms with Gasteiger partial charge in [0.25, 0.3) is 5.56 Å². The van der Waals surface area contributed by atoms with E-state index in [1.807, 2.05) is 24.3 Å².